The van der Waals surface area contributed by atoms with Crippen molar-refractivity contribution in [2.24, 2.45) is 0 Å². The van der Waals surface area contributed by atoms with Crippen LogP contribution < -0.4 is 5.56 Å². The normalized spacial score (nSPS) is 11.2. The highest BCUT2D eigenvalue weighted by atomic mass is 79.9. The monoisotopic (exact) mass is 426 g/mol. The molecule has 0 aliphatic heterocycles. The molecule has 2 aromatic carbocycles. The summed E-state index contributed by atoms with van der Waals surface area (Å²) in [5.74, 6) is 0.723. The van der Waals surface area contributed by atoms with Crippen LogP contribution in [0.5, 0.6) is 0 Å². The Balaban J connectivity index is 1.69. The molecule has 0 unspecified atom stereocenters. The summed E-state index contributed by atoms with van der Waals surface area (Å²) in [6.07, 6.45) is 1.56. The zero-order valence-electron chi connectivity index (χ0n) is 13.9. The van der Waals surface area contributed by atoms with Crippen LogP contribution in [0, 0.1) is 6.92 Å². The third kappa shape index (κ3) is 3.45. The van der Waals surface area contributed by atoms with Gasteiger partial charge < -0.3 is 4.98 Å². The van der Waals surface area contributed by atoms with Crippen LogP contribution in [-0.2, 0) is 5.75 Å². The van der Waals surface area contributed by atoms with Gasteiger partial charge >= 0.3 is 0 Å². The molecule has 2 heterocycles. The van der Waals surface area contributed by atoms with E-state index < -0.39 is 0 Å². The fourth-order valence-electron chi connectivity index (χ4n) is 2.65. The lowest BCUT2D eigenvalue weighted by Crippen LogP contribution is -2.09. The van der Waals surface area contributed by atoms with Crippen LogP contribution >= 0.6 is 27.7 Å². The third-order valence-corrected chi connectivity index (χ3v) is 5.42. The van der Waals surface area contributed by atoms with E-state index >= 15 is 0 Å². The molecule has 5 nitrogen and oxygen atoms in total. The van der Waals surface area contributed by atoms with Gasteiger partial charge in [-0.3, -0.25) is 4.79 Å². The smallest absolute Gasteiger partial charge is 0.262 e. The Morgan fingerprint density at radius 3 is 2.77 bits per heavy atom. The van der Waals surface area contributed by atoms with E-state index in [1.165, 1.54) is 11.8 Å². The van der Waals surface area contributed by atoms with Crippen molar-refractivity contribution in [2.45, 2.75) is 17.8 Å². The number of fused-ring (bicyclic) bond motifs is 1. The topological polar surface area (TPSA) is 63.6 Å². The van der Waals surface area contributed by atoms with Crippen LogP contribution in [0.3, 0.4) is 0 Å². The number of nitrogens with one attached hydrogen (secondary N) is 1. The number of rotatable bonds is 4. The molecule has 0 saturated heterocycles. The highest BCUT2D eigenvalue weighted by Gasteiger charge is 2.12. The van der Waals surface area contributed by atoms with Crippen molar-refractivity contribution in [2.75, 3.05) is 0 Å². The fraction of sp³-hybridized carbons (Fsp3) is 0.105. The summed E-state index contributed by atoms with van der Waals surface area (Å²) in [6.45, 7) is 2.02. The Kier molecular flexibility index (Phi) is 4.65. The van der Waals surface area contributed by atoms with Gasteiger partial charge in [0.25, 0.3) is 5.56 Å². The molecule has 0 aliphatic carbocycles. The first-order valence-electron chi connectivity index (χ1n) is 8.02. The number of H-pyrrole nitrogens is 1. The Morgan fingerprint density at radius 1 is 1.19 bits per heavy atom. The minimum absolute atomic E-state index is 0.174. The van der Waals surface area contributed by atoms with E-state index in [9.17, 15) is 4.79 Å². The molecule has 2 aromatic heterocycles. The molecule has 4 aromatic rings. The molecule has 0 saturated carbocycles. The van der Waals surface area contributed by atoms with Crippen molar-refractivity contribution < 1.29 is 0 Å². The number of hydrogen-bond acceptors (Lipinski definition) is 4. The maximum atomic E-state index is 12.4. The summed E-state index contributed by atoms with van der Waals surface area (Å²) in [6, 6.07) is 16.1. The number of halogens is 1. The van der Waals surface area contributed by atoms with Crippen molar-refractivity contribution in [1.82, 2.24) is 19.7 Å². The van der Waals surface area contributed by atoms with E-state index in [-0.39, 0.29) is 5.56 Å². The highest BCUT2D eigenvalue weighted by molar-refractivity contribution is 9.10. The predicted octanol–water partition coefficient (Wildman–Crippen LogP) is 4.47. The summed E-state index contributed by atoms with van der Waals surface area (Å²) in [5, 5.41) is 5.43. The van der Waals surface area contributed by atoms with Gasteiger partial charge in [0, 0.05) is 10.2 Å². The molecule has 7 heteroatoms. The summed E-state index contributed by atoms with van der Waals surface area (Å²) in [4.78, 5) is 19.9. The first-order valence-corrected chi connectivity index (χ1v) is 9.80. The van der Waals surface area contributed by atoms with Crippen molar-refractivity contribution >= 4 is 38.7 Å². The van der Waals surface area contributed by atoms with Crippen LogP contribution in [0.1, 0.15) is 11.1 Å². The van der Waals surface area contributed by atoms with Crippen LogP contribution in [0.4, 0.5) is 0 Å². The average molecular weight is 427 g/mol. The lowest BCUT2D eigenvalue weighted by Gasteiger charge is -2.05. The number of thioether (sulfide) groups is 1. The number of nitrogens with zero attached hydrogens (tertiary/aromatic N) is 3. The van der Waals surface area contributed by atoms with Gasteiger partial charge in [0.05, 0.1) is 11.9 Å². The number of aromatic nitrogens is 4. The van der Waals surface area contributed by atoms with Crippen LogP contribution in [0.15, 0.2) is 69.2 Å². The average Bonchev–Trinajstić information content (AvgIpc) is 3.06. The summed E-state index contributed by atoms with van der Waals surface area (Å²) >= 11 is 4.93. The van der Waals surface area contributed by atoms with Crippen LogP contribution in [0.25, 0.3) is 16.7 Å². The number of benzene rings is 2. The van der Waals surface area contributed by atoms with Crippen molar-refractivity contribution in [3.63, 3.8) is 0 Å². The maximum absolute atomic E-state index is 12.4. The van der Waals surface area contributed by atoms with Gasteiger partial charge in [0.15, 0.2) is 10.8 Å². The quantitative estimate of drug-likeness (QED) is 0.386. The summed E-state index contributed by atoms with van der Waals surface area (Å²) in [5.41, 5.74) is 3.57. The molecule has 4 rings (SSSR count). The first kappa shape index (κ1) is 17.1. The molecule has 130 valence electrons. The second-order valence-electron chi connectivity index (χ2n) is 5.92. The molecule has 0 atom stereocenters. The molecule has 0 radical (unpaired) electrons. The summed E-state index contributed by atoms with van der Waals surface area (Å²) < 4.78 is 2.75. The number of aryl methyl sites for hydroxylation is 1. The van der Waals surface area contributed by atoms with Gasteiger partial charge in [-0.15, -0.1) is 0 Å². The third-order valence-electron chi connectivity index (χ3n) is 3.95. The highest BCUT2D eigenvalue weighted by Crippen LogP contribution is 2.22. The number of aromatic amines is 1. The van der Waals surface area contributed by atoms with E-state index in [2.05, 4.69) is 31.0 Å². The standard InChI is InChI=1S/C19H15BrN4OS/c1-12-3-2-4-15(9-12)24-17-16(10-21-24)18(25)23-19(22-17)26-11-13-5-7-14(20)8-6-13/h2-10H,11H2,1H3,(H,22,23,25). The first-order chi connectivity index (χ1) is 12.6. The minimum Gasteiger partial charge on any atom is -0.301 e. The van der Waals surface area contributed by atoms with Crippen molar-refractivity contribution in [3.05, 3.63) is 80.7 Å². The van der Waals surface area contributed by atoms with E-state index in [0.717, 1.165) is 27.0 Å². The molecular weight excluding hydrogens is 412 g/mol. The molecular formula is C19H15BrN4OS. The van der Waals surface area contributed by atoms with Gasteiger partial charge in [-0.05, 0) is 42.3 Å². The van der Waals surface area contributed by atoms with Crippen LogP contribution in [-0.4, -0.2) is 19.7 Å². The molecule has 0 fully saturated rings. The molecule has 1 N–H and O–H groups in total. The largest absolute Gasteiger partial charge is 0.301 e. The van der Waals surface area contributed by atoms with Crippen LogP contribution in [0.2, 0.25) is 0 Å². The second-order valence-corrected chi connectivity index (χ2v) is 7.80. The van der Waals surface area contributed by atoms with Crippen molar-refractivity contribution in [1.29, 1.82) is 0 Å². The van der Waals surface area contributed by atoms with Gasteiger partial charge in [-0.25, -0.2) is 9.67 Å². The fourth-order valence-corrected chi connectivity index (χ4v) is 3.72. The molecule has 0 spiro atoms. The van der Waals surface area contributed by atoms with E-state index in [4.69, 9.17) is 0 Å². The minimum atomic E-state index is -0.174. The molecule has 0 amide bonds. The molecule has 26 heavy (non-hydrogen) atoms. The zero-order valence-corrected chi connectivity index (χ0v) is 16.3. The second kappa shape index (κ2) is 7.09. The predicted molar refractivity (Wildman–Crippen MR) is 108 cm³/mol. The van der Waals surface area contributed by atoms with Gasteiger partial charge in [-0.2, -0.15) is 5.10 Å². The Bertz CT molecular complexity index is 1130. The Hall–Kier alpha value is -2.38. The lowest BCUT2D eigenvalue weighted by molar-refractivity contribution is 0.872. The van der Waals surface area contributed by atoms with Gasteiger partial charge in [0.1, 0.15) is 5.39 Å². The van der Waals surface area contributed by atoms with Gasteiger partial charge in [-0.1, -0.05) is 52.0 Å². The number of hydrogen-bond donors (Lipinski definition) is 1. The van der Waals surface area contributed by atoms with Crippen molar-refractivity contribution in [3.8, 4) is 5.69 Å². The summed E-state index contributed by atoms with van der Waals surface area (Å²) in [7, 11) is 0. The SMILES string of the molecule is Cc1cccc(-n2ncc3c(=O)[nH]c(SCc4ccc(Br)cc4)nc32)c1. The molecule has 0 bridgehead atoms. The maximum Gasteiger partial charge on any atom is 0.262 e. The Morgan fingerprint density at radius 2 is 2.00 bits per heavy atom. The molecule has 0 aliphatic rings. The lowest BCUT2D eigenvalue weighted by atomic mass is 10.2. The zero-order chi connectivity index (χ0) is 18.1. The van der Waals surface area contributed by atoms with E-state index in [0.29, 0.717) is 16.2 Å². The van der Waals surface area contributed by atoms with E-state index in [1.54, 1.807) is 10.9 Å². The van der Waals surface area contributed by atoms with E-state index in [1.807, 2.05) is 55.5 Å². The Labute approximate surface area is 162 Å². The van der Waals surface area contributed by atoms with Gasteiger partial charge in [0.2, 0.25) is 0 Å².